The lowest BCUT2D eigenvalue weighted by atomic mass is 10.0. The molecule has 0 bridgehead atoms. The van der Waals surface area contributed by atoms with Crippen molar-refractivity contribution in [3.63, 3.8) is 0 Å². The lowest BCUT2D eigenvalue weighted by Crippen LogP contribution is -2.52. The molecule has 4 amide bonds. The summed E-state index contributed by atoms with van der Waals surface area (Å²) in [6.45, 7) is 0.243. The third kappa shape index (κ3) is 2.98. The van der Waals surface area contributed by atoms with E-state index in [1.165, 1.54) is 11.1 Å². The Labute approximate surface area is 169 Å². The van der Waals surface area contributed by atoms with Gasteiger partial charge < -0.3 is 10.2 Å². The van der Waals surface area contributed by atoms with Crippen LogP contribution in [-0.4, -0.2) is 49.8 Å². The van der Waals surface area contributed by atoms with Gasteiger partial charge in [-0.25, -0.2) is 4.98 Å². The van der Waals surface area contributed by atoms with Gasteiger partial charge in [0.2, 0.25) is 11.8 Å². The SMILES string of the molecule is O=C1CCC(N2Cc3cc(NC(=O)c4cnc5[nH]ncc5c4)ccc3C2=O)C(=O)N1. The number of nitrogens with one attached hydrogen (secondary N) is 3. The van der Waals surface area contributed by atoms with E-state index in [2.05, 4.69) is 25.8 Å². The summed E-state index contributed by atoms with van der Waals surface area (Å²) in [6, 6.07) is 6.01. The molecule has 0 aliphatic carbocycles. The van der Waals surface area contributed by atoms with Crippen LogP contribution in [0.1, 0.15) is 39.1 Å². The smallest absolute Gasteiger partial charge is 0.257 e. The number of aromatic nitrogens is 3. The highest BCUT2D eigenvalue weighted by Crippen LogP contribution is 2.29. The number of benzene rings is 1. The summed E-state index contributed by atoms with van der Waals surface area (Å²) in [5.74, 6) is -1.37. The highest BCUT2D eigenvalue weighted by atomic mass is 16.2. The average molecular weight is 404 g/mol. The lowest BCUT2D eigenvalue weighted by molar-refractivity contribution is -0.136. The summed E-state index contributed by atoms with van der Waals surface area (Å²) in [6.07, 6.45) is 3.55. The first-order chi connectivity index (χ1) is 14.5. The molecule has 1 atom stereocenters. The van der Waals surface area contributed by atoms with Gasteiger partial charge in [0.05, 0.1) is 11.8 Å². The molecule has 1 saturated heterocycles. The predicted octanol–water partition coefficient (Wildman–Crippen LogP) is 0.971. The molecule has 1 fully saturated rings. The van der Waals surface area contributed by atoms with Crippen molar-refractivity contribution >= 4 is 40.3 Å². The number of amides is 4. The number of anilines is 1. The molecule has 0 radical (unpaired) electrons. The Morgan fingerprint density at radius 1 is 1.17 bits per heavy atom. The first-order valence-corrected chi connectivity index (χ1v) is 9.37. The van der Waals surface area contributed by atoms with Gasteiger partial charge in [0, 0.05) is 35.8 Å². The van der Waals surface area contributed by atoms with Gasteiger partial charge in [-0.3, -0.25) is 29.6 Å². The number of hydrogen-bond acceptors (Lipinski definition) is 6. The van der Waals surface area contributed by atoms with Crippen LogP contribution in [0.5, 0.6) is 0 Å². The van der Waals surface area contributed by atoms with Crippen molar-refractivity contribution in [3.8, 4) is 0 Å². The zero-order valence-corrected chi connectivity index (χ0v) is 15.6. The van der Waals surface area contributed by atoms with Gasteiger partial charge in [0.25, 0.3) is 11.8 Å². The van der Waals surface area contributed by atoms with Crippen molar-refractivity contribution in [2.75, 3.05) is 5.32 Å². The van der Waals surface area contributed by atoms with E-state index in [1.54, 1.807) is 30.5 Å². The maximum atomic E-state index is 12.7. The molecule has 2 aliphatic heterocycles. The van der Waals surface area contributed by atoms with Crippen LogP contribution in [0.15, 0.2) is 36.7 Å². The number of carbonyl (C=O) groups is 4. The van der Waals surface area contributed by atoms with Crippen LogP contribution >= 0.6 is 0 Å². The lowest BCUT2D eigenvalue weighted by Gasteiger charge is -2.29. The summed E-state index contributed by atoms with van der Waals surface area (Å²) in [5.41, 5.74) is 2.70. The molecule has 0 saturated carbocycles. The van der Waals surface area contributed by atoms with Gasteiger partial charge >= 0.3 is 0 Å². The summed E-state index contributed by atoms with van der Waals surface area (Å²) in [4.78, 5) is 54.4. The van der Waals surface area contributed by atoms with E-state index >= 15 is 0 Å². The second-order valence-electron chi connectivity index (χ2n) is 7.26. The monoisotopic (exact) mass is 404 g/mol. The van der Waals surface area contributed by atoms with Gasteiger partial charge in [0.1, 0.15) is 6.04 Å². The third-order valence-corrected chi connectivity index (χ3v) is 5.33. The zero-order chi connectivity index (χ0) is 20.8. The highest BCUT2D eigenvalue weighted by Gasteiger charge is 2.39. The van der Waals surface area contributed by atoms with E-state index in [-0.39, 0.29) is 30.7 Å². The van der Waals surface area contributed by atoms with Crippen LogP contribution in [0.2, 0.25) is 0 Å². The summed E-state index contributed by atoms with van der Waals surface area (Å²) in [5, 5.41) is 12.4. The van der Waals surface area contributed by atoms with Gasteiger partial charge in [-0.15, -0.1) is 0 Å². The minimum atomic E-state index is -0.673. The first kappa shape index (κ1) is 18.0. The maximum Gasteiger partial charge on any atom is 0.257 e. The molecule has 2 aromatic heterocycles. The Morgan fingerprint density at radius 2 is 2.03 bits per heavy atom. The van der Waals surface area contributed by atoms with Crippen LogP contribution in [0.3, 0.4) is 0 Å². The number of pyridine rings is 1. The fraction of sp³-hybridized carbons (Fsp3) is 0.200. The Balaban J connectivity index is 1.34. The normalized spacial score (nSPS) is 18.5. The molecule has 3 N–H and O–H groups in total. The van der Waals surface area contributed by atoms with E-state index in [0.29, 0.717) is 34.4 Å². The topological polar surface area (TPSA) is 137 Å². The van der Waals surface area contributed by atoms with Crippen molar-refractivity contribution in [3.05, 3.63) is 53.3 Å². The maximum absolute atomic E-state index is 12.7. The predicted molar refractivity (Wildman–Crippen MR) is 104 cm³/mol. The zero-order valence-electron chi connectivity index (χ0n) is 15.6. The van der Waals surface area contributed by atoms with Crippen molar-refractivity contribution in [1.82, 2.24) is 25.4 Å². The van der Waals surface area contributed by atoms with Gasteiger partial charge in [-0.1, -0.05) is 0 Å². The first-order valence-electron chi connectivity index (χ1n) is 9.37. The molecule has 10 heteroatoms. The molecular weight excluding hydrogens is 388 g/mol. The minimum Gasteiger partial charge on any atom is -0.322 e. The molecule has 2 aliphatic rings. The van der Waals surface area contributed by atoms with Crippen LogP contribution in [0.25, 0.3) is 11.0 Å². The number of imide groups is 1. The van der Waals surface area contributed by atoms with Crippen LogP contribution in [0, 0.1) is 0 Å². The number of fused-ring (bicyclic) bond motifs is 2. The molecule has 1 unspecified atom stereocenters. The summed E-state index contributed by atoms with van der Waals surface area (Å²) in [7, 11) is 0. The number of nitrogens with zero attached hydrogens (tertiary/aromatic N) is 3. The van der Waals surface area contributed by atoms with Crippen molar-refractivity contribution in [2.45, 2.75) is 25.4 Å². The molecule has 5 rings (SSSR count). The minimum absolute atomic E-state index is 0.201. The standard InChI is InChI=1S/C20H16N6O4/c27-16-4-3-15(19(29)24-16)26-9-12-6-13(1-2-14(12)20(26)30)23-18(28)11-5-10-8-22-25-17(10)21-7-11/h1-2,5-8,15H,3-4,9H2,(H,23,28)(H,21,22,25)(H,24,27,29). The van der Waals surface area contributed by atoms with E-state index in [4.69, 9.17) is 0 Å². The van der Waals surface area contributed by atoms with Crippen LogP contribution < -0.4 is 10.6 Å². The third-order valence-electron chi connectivity index (χ3n) is 5.33. The molecule has 1 aromatic carbocycles. The van der Waals surface area contributed by atoms with Crippen molar-refractivity contribution in [1.29, 1.82) is 0 Å². The fourth-order valence-corrected chi connectivity index (χ4v) is 3.82. The Morgan fingerprint density at radius 3 is 2.87 bits per heavy atom. The second-order valence-corrected chi connectivity index (χ2v) is 7.26. The average Bonchev–Trinajstić information content (AvgIpc) is 3.32. The van der Waals surface area contributed by atoms with Crippen LogP contribution in [-0.2, 0) is 16.1 Å². The number of piperidine rings is 1. The van der Waals surface area contributed by atoms with E-state index in [0.717, 1.165) is 5.39 Å². The summed E-state index contributed by atoms with van der Waals surface area (Å²) >= 11 is 0. The number of H-pyrrole nitrogens is 1. The largest absolute Gasteiger partial charge is 0.322 e. The number of carbonyl (C=O) groups excluding carboxylic acids is 4. The molecule has 0 spiro atoms. The van der Waals surface area contributed by atoms with Crippen molar-refractivity contribution in [2.24, 2.45) is 0 Å². The van der Waals surface area contributed by atoms with Gasteiger partial charge in [0.15, 0.2) is 5.65 Å². The fourth-order valence-electron chi connectivity index (χ4n) is 3.82. The van der Waals surface area contributed by atoms with Crippen LogP contribution in [0.4, 0.5) is 5.69 Å². The van der Waals surface area contributed by atoms with E-state index in [9.17, 15) is 19.2 Å². The molecule has 3 aromatic rings. The number of hydrogen-bond donors (Lipinski definition) is 3. The molecular formula is C20H16N6O4. The highest BCUT2D eigenvalue weighted by molar-refractivity contribution is 6.07. The second kappa shape index (κ2) is 6.76. The molecule has 10 nitrogen and oxygen atoms in total. The van der Waals surface area contributed by atoms with Gasteiger partial charge in [-0.05, 0) is 36.2 Å². The van der Waals surface area contributed by atoms with E-state index in [1.807, 2.05) is 0 Å². The van der Waals surface area contributed by atoms with Crippen molar-refractivity contribution < 1.29 is 19.2 Å². The summed E-state index contributed by atoms with van der Waals surface area (Å²) < 4.78 is 0. The van der Waals surface area contributed by atoms with Gasteiger partial charge in [-0.2, -0.15) is 5.10 Å². The molecule has 150 valence electrons. The van der Waals surface area contributed by atoms with E-state index < -0.39 is 11.9 Å². The Kier molecular flexibility index (Phi) is 4.05. The number of aromatic amines is 1. The molecule has 4 heterocycles. The Hall–Kier alpha value is -4.08. The molecule has 30 heavy (non-hydrogen) atoms. The quantitative estimate of drug-likeness (QED) is 0.556. The Bertz CT molecular complexity index is 1230. The number of rotatable bonds is 3.